The smallest absolute Gasteiger partial charge is 0.323 e. The molecule has 0 fully saturated rings. The predicted octanol–water partition coefficient (Wildman–Crippen LogP) is 1.05. The molecule has 0 amide bonds. The van der Waals surface area contributed by atoms with E-state index in [0.717, 1.165) is 11.1 Å². The van der Waals surface area contributed by atoms with Crippen LogP contribution >= 0.6 is 0 Å². The van der Waals surface area contributed by atoms with Crippen LogP contribution in [0.3, 0.4) is 0 Å². The van der Waals surface area contributed by atoms with Crippen molar-refractivity contribution in [1.82, 2.24) is 9.97 Å². The van der Waals surface area contributed by atoms with Crippen molar-refractivity contribution >= 4 is 16.7 Å². The second-order valence-corrected chi connectivity index (χ2v) is 3.02. The van der Waals surface area contributed by atoms with Gasteiger partial charge in [-0.1, -0.05) is 11.2 Å². The number of H-pyrrole nitrogens is 2. The first-order valence-corrected chi connectivity index (χ1v) is 4.12. The molecule has 0 aliphatic carbocycles. The molecule has 1 heterocycles. The first-order valence-electron chi connectivity index (χ1n) is 4.12. The zero-order valence-electron chi connectivity index (χ0n) is 7.53. The zero-order chi connectivity index (χ0) is 10.1. The third-order valence-corrected chi connectivity index (χ3v) is 2.08. The summed E-state index contributed by atoms with van der Waals surface area (Å²) in [7, 11) is 0. The number of imidazole rings is 1. The highest BCUT2D eigenvalue weighted by atomic mass is 16.4. The van der Waals surface area contributed by atoms with Crippen molar-refractivity contribution in [2.24, 2.45) is 5.16 Å². The fourth-order valence-corrected chi connectivity index (χ4v) is 1.32. The summed E-state index contributed by atoms with van der Waals surface area (Å²) in [6.07, 6.45) is 0. The molecule has 72 valence electrons. The molecule has 5 nitrogen and oxygen atoms in total. The Morgan fingerprint density at radius 3 is 2.79 bits per heavy atom. The van der Waals surface area contributed by atoms with E-state index in [-0.39, 0.29) is 5.69 Å². The van der Waals surface area contributed by atoms with Gasteiger partial charge in [0, 0.05) is 5.56 Å². The predicted molar refractivity (Wildman–Crippen MR) is 52.9 cm³/mol. The van der Waals surface area contributed by atoms with Gasteiger partial charge < -0.3 is 15.2 Å². The van der Waals surface area contributed by atoms with E-state index in [0.29, 0.717) is 11.2 Å². The lowest BCUT2D eigenvalue weighted by Crippen LogP contribution is -1.99. The van der Waals surface area contributed by atoms with Crippen LogP contribution in [0.1, 0.15) is 12.5 Å². The van der Waals surface area contributed by atoms with Crippen molar-refractivity contribution in [3.8, 4) is 0 Å². The Bertz CT molecular complexity index is 550. The molecule has 0 unspecified atom stereocenters. The summed E-state index contributed by atoms with van der Waals surface area (Å²) < 4.78 is 0. The third kappa shape index (κ3) is 1.28. The van der Waals surface area contributed by atoms with E-state index in [2.05, 4.69) is 15.1 Å². The maximum absolute atomic E-state index is 10.9. The highest BCUT2D eigenvalue weighted by Gasteiger charge is 2.01. The van der Waals surface area contributed by atoms with Crippen LogP contribution < -0.4 is 5.69 Å². The van der Waals surface area contributed by atoms with Crippen LogP contribution in [0.2, 0.25) is 0 Å². The van der Waals surface area contributed by atoms with Gasteiger partial charge >= 0.3 is 5.69 Å². The van der Waals surface area contributed by atoms with Crippen LogP contribution in [0.25, 0.3) is 11.0 Å². The highest BCUT2D eigenvalue weighted by Crippen LogP contribution is 2.10. The summed E-state index contributed by atoms with van der Waals surface area (Å²) in [5.74, 6) is 0. The standard InChI is InChI=1S/C9H9N3O2/c1-5(12-14)6-2-3-7-8(4-6)11-9(13)10-7/h2-4,14H,1H3,(H2,10,11,13)/b12-5+. The van der Waals surface area contributed by atoms with E-state index in [9.17, 15) is 4.79 Å². The molecule has 1 aromatic carbocycles. The summed E-state index contributed by atoms with van der Waals surface area (Å²) in [4.78, 5) is 16.2. The van der Waals surface area contributed by atoms with Gasteiger partial charge in [0.2, 0.25) is 0 Å². The number of nitrogens with zero attached hydrogens (tertiary/aromatic N) is 1. The molecule has 0 bridgehead atoms. The van der Waals surface area contributed by atoms with Crippen LogP contribution in [0.5, 0.6) is 0 Å². The molecule has 5 heteroatoms. The fourth-order valence-electron chi connectivity index (χ4n) is 1.32. The molecule has 0 radical (unpaired) electrons. The number of hydrogen-bond acceptors (Lipinski definition) is 3. The summed E-state index contributed by atoms with van der Waals surface area (Å²) in [6.45, 7) is 1.69. The van der Waals surface area contributed by atoms with Gasteiger partial charge in [-0.15, -0.1) is 0 Å². The normalized spacial score (nSPS) is 12.2. The topological polar surface area (TPSA) is 81.2 Å². The number of nitrogens with one attached hydrogen (secondary N) is 2. The molecule has 0 spiro atoms. The molecular formula is C9H9N3O2. The van der Waals surface area contributed by atoms with Gasteiger partial charge in [0.15, 0.2) is 0 Å². The van der Waals surface area contributed by atoms with E-state index in [4.69, 9.17) is 5.21 Å². The van der Waals surface area contributed by atoms with Crippen LogP contribution in [-0.2, 0) is 0 Å². The van der Waals surface area contributed by atoms with E-state index in [1.807, 2.05) is 0 Å². The lowest BCUT2D eigenvalue weighted by molar-refractivity contribution is 0.319. The monoisotopic (exact) mass is 191 g/mol. The number of rotatable bonds is 1. The molecule has 2 aromatic rings. The maximum Gasteiger partial charge on any atom is 0.323 e. The van der Waals surface area contributed by atoms with Crippen LogP contribution in [0.15, 0.2) is 28.1 Å². The number of aromatic nitrogens is 2. The SMILES string of the molecule is C/C(=N\O)c1ccc2[nH]c(=O)[nH]c2c1. The van der Waals surface area contributed by atoms with Crippen LogP contribution in [-0.4, -0.2) is 20.9 Å². The van der Waals surface area contributed by atoms with Crippen LogP contribution in [0, 0.1) is 0 Å². The molecule has 14 heavy (non-hydrogen) atoms. The minimum Gasteiger partial charge on any atom is -0.411 e. The Labute approximate surface area is 79.1 Å². The lowest BCUT2D eigenvalue weighted by atomic mass is 10.1. The van der Waals surface area contributed by atoms with Crippen molar-refractivity contribution in [1.29, 1.82) is 0 Å². The highest BCUT2D eigenvalue weighted by molar-refractivity contribution is 6.00. The molecule has 3 N–H and O–H groups in total. The second-order valence-electron chi connectivity index (χ2n) is 3.02. The summed E-state index contributed by atoms with van der Waals surface area (Å²) in [5, 5.41) is 11.7. The molecule has 0 saturated carbocycles. The van der Waals surface area contributed by atoms with E-state index >= 15 is 0 Å². The first kappa shape index (κ1) is 8.55. The number of benzene rings is 1. The van der Waals surface area contributed by atoms with Crippen molar-refractivity contribution in [3.05, 3.63) is 34.2 Å². The third-order valence-electron chi connectivity index (χ3n) is 2.08. The minimum absolute atomic E-state index is 0.240. The molecule has 0 aliphatic rings. The second kappa shape index (κ2) is 3.02. The first-order chi connectivity index (χ1) is 6.70. The Morgan fingerprint density at radius 1 is 1.36 bits per heavy atom. The Hall–Kier alpha value is -2.04. The number of aromatic amines is 2. The Morgan fingerprint density at radius 2 is 2.07 bits per heavy atom. The Balaban J connectivity index is 2.67. The van der Waals surface area contributed by atoms with Crippen molar-refractivity contribution in [2.45, 2.75) is 6.92 Å². The average molecular weight is 191 g/mol. The molecule has 0 atom stereocenters. The average Bonchev–Trinajstić information content (AvgIpc) is 2.55. The van der Waals surface area contributed by atoms with Crippen molar-refractivity contribution < 1.29 is 5.21 Å². The molecule has 0 aliphatic heterocycles. The van der Waals surface area contributed by atoms with Crippen molar-refractivity contribution in [2.75, 3.05) is 0 Å². The minimum atomic E-state index is -0.240. The lowest BCUT2D eigenvalue weighted by Gasteiger charge is -1.97. The quantitative estimate of drug-likeness (QED) is 0.358. The summed E-state index contributed by atoms with van der Waals surface area (Å²) in [6, 6.07) is 5.29. The largest absolute Gasteiger partial charge is 0.411 e. The fraction of sp³-hybridized carbons (Fsp3) is 0.111. The molecular weight excluding hydrogens is 182 g/mol. The molecule has 2 rings (SSSR count). The van der Waals surface area contributed by atoms with Gasteiger partial charge in [-0.05, 0) is 19.1 Å². The Kier molecular flexibility index (Phi) is 1.85. The summed E-state index contributed by atoms with van der Waals surface area (Å²) >= 11 is 0. The molecule has 0 saturated heterocycles. The number of oxime groups is 1. The summed E-state index contributed by atoms with van der Waals surface area (Å²) in [5.41, 5.74) is 2.49. The number of hydrogen-bond donors (Lipinski definition) is 3. The van der Waals surface area contributed by atoms with Gasteiger partial charge in [-0.25, -0.2) is 4.79 Å². The van der Waals surface area contributed by atoms with Gasteiger partial charge in [-0.3, -0.25) is 0 Å². The number of fused-ring (bicyclic) bond motifs is 1. The van der Waals surface area contributed by atoms with Crippen molar-refractivity contribution in [3.63, 3.8) is 0 Å². The van der Waals surface area contributed by atoms with Gasteiger partial charge in [-0.2, -0.15) is 0 Å². The van der Waals surface area contributed by atoms with E-state index < -0.39 is 0 Å². The zero-order valence-corrected chi connectivity index (χ0v) is 7.53. The molecule has 1 aromatic heterocycles. The van der Waals surface area contributed by atoms with Gasteiger partial charge in [0.05, 0.1) is 16.7 Å². The van der Waals surface area contributed by atoms with Crippen LogP contribution in [0.4, 0.5) is 0 Å². The van der Waals surface area contributed by atoms with E-state index in [1.54, 1.807) is 25.1 Å². The van der Waals surface area contributed by atoms with E-state index in [1.165, 1.54) is 0 Å². The van der Waals surface area contributed by atoms with Gasteiger partial charge in [0.1, 0.15) is 0 Å². The maximum atomic E-state index is 10.9. The van der Waals surface area contributed by atoms with Gasteiger partial charge in [0.25, 0.3) is 0 Å².